The van der Waals surface area contributed by atoms with Gasteiger partial charge < -0.3 is 9.80 Å². The minimum absolute atomic E-state index is 0.00489. The van der Waals surface area contributed by atoms with E-state index in [0.29, 0.717) is 18.7 Å². The molecule has 1 aliphatic heterocycles. The molecule has 3 amide bonds. The van der Waals surface area contributed by atoms with Crippen LogP contribution in [0, 0.1) is 0 Å². The van der Waals surface area contributed by atoms with Crippen molar-refractivity contribution in [2.24, 2.45) is 5.84 Å². The summed E-state index contributed by atoms with van der Waals surface area (Å²) in [6.45, 7) is 3.77. The fraction of sp³-hybridized carbons (Fsp3) is 0.333. The Labute approximate surface area is 165 Å². The van der Waals surface area contributed by atoms with E-state index in [0.717, 1.165) is 37.3 Å². The number of hydrogen-bond acceptors (Lipinski definition) is 4. The maximum atomic E-state index is 13.3. The highest BCUT2D eigenvalue weighted by atomic mass is 16.2. The molecule has 1 heterocycles. The molecule has 28 heavy (non-hydrogen) atoms. The van der Waals surface area contributed by atoms with Gasteiger partial charge >= 0.3 is 6.03 Å². The number of benzene rings is 2. The molecule has 1 aliphatic rings. The Kier molecular flexibility index (Phi) is 6.62. The Morgan fingerprint density at radius 1 is 1.00 bits per heavy atom. The van der Waals surface area contributed by atoms with Crippen molar-refractivity contribution in [1.29, 1.82) is 0 Å². The summed E-state index contributed by atoms with van der Waals surface area (Å²) in [5.41, 5.74) is 4.41. The van der Waals surface area contributed by atoms with E-state index in [2.05, 4.69) is 17.4 Å². The fourth-order valence-electron chi connectivity index (χ4n) is 3.31. The predicted molar refractivity (Wildman–Crippen MR) is 110 cm³/mol. The lowest BCUT2D eigenvalue weighted by molar-refractivity contribution is 0.0953. The van der Waals surface area contributed by atoms with Gasteiger partial charge in [-0.05, 0) is 49.8 Å². The smallest absolute Gasteiger partial charge is 0.323 e. The van der Waals surface area contributed by atoms with Gasteiger partial charge in [-0.25, -0.2) is 10.6 Å². The quantitative estimate of drug-likeness (QED) is 0.482. The Bertz CT molecular complexity index is 794. The van der Waals surface area contributed by atoms with Gasteiger partial charge in [0.15, 0.2) is 0 Å². The van der Waals surface area contributed by atoms with Crippen molar-refractivity contribution in [2.75, 3.05) is 38.1 Å². The minimum Gasteiger partial charge on any atom is -0.323 e. The molecule has 0 saturated carbocycles. The van der Waals surface area contributed by atoms with Crippen molar-refractivity contribution in [3.8, 4) is 0 Å². The Morgan fingerprint density at radius 2 is 1.71 bits per heavy atom. The normalized spacial score (nSPS) is 15.0. The van der Waals surface area contributed by atoms with Crippen LogP contribution in [0.5, 0.6) is 0 Å². The zero-order valence-corrected chi connectivity index (χ0v) is 16.2. The van der Waals surface area contributed by atoms with Gasteiger partial charge in [0, 0.05) is 30.9 Å². The number of likely N-dealkylation sites (N-methyl/N-ethyl adjacent to an activating group) is 1. The lowest BCUT2D eigenvalue weighted by Gasteiger charge is -2.30. The first kappa shape index (κ1) is 19.9. The number of nitrogens with zero attached hydrogens (tertiary/aromatic N) is 3. The maximum Gasteiger partial charge on any atom is 0.324 e. The van der Waals surface area contributed by atoms with Crippen LogP contribution in [0.4, 0.5) is 10.5 Å². The zero-order valence-electron chi connectivity index (χ0n) is 16.2. The second-order valence-electron chi connectivity index (χ2n) is 7.02. The molecular formula is C21H27N5O2. The first-order chi connectivity index (χ1) is 13.6. The summed E-state index contributed by atoms with van der Waals surface area (Å²) in [5.74, 6) is 4.85. The highest BCUT2D eigenvalue weighted by molar-refractivity contribution is 5.94. The minimum atomic E-state index is -0.337. The van der Waals surface area contributed by atoms with Gasteiger partial charge in [0.05, 0.1) is 6.54 Å². The molecule has 0 aromatic heterocycles. The molecule has 0 spiro atoms. The van der Waals surface area contributed by atoms with Crippen molar-refractivity contribution in [2.45, 2.75) is 13.0 Å². The third-order valence-electron chi connectivity index (χ3n) is 4.98. The average Bonchev–Trinajstić information content (AvgIpc) is 2.96. The standard InChI is InChI=1S/C21H27N5O2/c1-24-12-5-13-25(15-14-24)21(28)26(19-6-3-2-4-7-19)16-17-8-10-18(11-9-17)20(27)23-22/h2-4,6-11H,5,12-16,22H2,1H3,(H,23,27). The van der Waals surface area contributed by atoms with E-state index in [4.69, 9.17) is 5.84 Å². The summed E-state index contributed by atoms with van der Waals surface area (Å²) < 4.78 is 0. The van der Waals surface area contributed by atoms with Crippen molar-refractivity contribution in [1.82, 2.24) is 15.2 Å². The third kappa shape index (κ3) is 4.88. The van der Waals surface area contributed by atoms with Gasteiger partial charge in [-0.2, -0.15) is 0 Å². The molecule has 3 rings (SSSR count). The van der Waals surface area contributed by atoms with Crippen LogP contribution in [-0.2, 0) is 6.54 Å². The van der Waals surface area contributed by atoms with Crippen molar-refractivity contribution in [3.63, 3.8) is 0 Å². The number of para-hydroxylation sites is 1. The first-order valence-electron chi connectivity index (χ1n) is 9.48. The molecule has 7 nitrogen and oxygen atoms in total. The van der Waals surface area contributed by atoms with E-state index in [1.54, 1.807) is 17.0 Å². The van der Waals surface area contributed by atoms with Crippen LogP contribution >= 0.6 is 0 Å². The lowest BCUT2D eigenvalue weighted by atomic mass is 10.1. The molecule has 0 bridgehead atoms. The number of anilines is 1. The molecule has 2 aromatic rings. The average molecular weight is 381 g/mol. The molecule has 7 heteroatoms. The molecule has 1 fully saturated rings. The lowest BCUT2D eigenvalue weighted by Crippen LogP contribution is -2.44. The summed E-state index contributed by atoms with van der Waals surface area (Å²) in [6, 6.07) is 16.8. The topological polar surface area (TPSA) is 81.9 Å². The molecule has 3 N–H and O–H groups in total. The van der Waals surface area contributed by atoms with Gasteiger partial charge in [0.1, 0.15) is 0 Å². The fourth-order valence-corrected chi connectivity index (χ4v) is 3.31. The van der Waals surface area contributed by atoms with Gasteiger partial charge in [0.2, 0.25) is 0 Å². The number of amides is 3. The number of carbonyl (C=O) groups excluding carboxylic acids is 2. The second kappa shape index (κ2) is 9.34. The third-order valence-corrected chi connectivity index (χ3v) is 4.98. The highest BCUT2D eigenvalue weighted by Gasteiger charge is 2.24. The molecule has 1 saturated heterocycles. The summed E-state index contributed by atoms with van der Waals surface area (Å²) in [5, 5.41) is 0. The van der Waals surface area contributed by atoms with Gasteiger partial charge in [-0.15, -0.1) is 0 Å². The van der Waals surface area contributed by atoms with Crippen molar-refractivity contribution >= 4 is 17.6 Å². The molecule has 0 radical (unpaired) electrons. The van der Waals surface area contributed by atoms with E-state index >= 15 is 0 Å². The Hall–Kier alpha value is -2.90. The summed E-state index contributed by atoms with van der Waals surface area (Å²) in [6.07, 6.45) is 0.966. The largest absolute Gasteiger partial charge is 0.324 e. The van der Waals surface area contributed by atoms with E-state index < -0.39 is 0 Å². The Morgan fingerprint density at radius 3 is 2.39 bits per heavy atom. The van der Waals surface area contributed by atoms with Crippen molar-refractivity contribution in [3.05, 3.63) is 65.7 Å². The SMILES string of the molecule is CN1CCCN(C(=O)N(Cc2ccc(C(=O)NN)cc2)c2ccccc2)CC1. The number of rotatable bonds is 4. The van der Waals surface area contributed by atoms with E-state index in [1.165, 1.54) is 0 Å². The van der Waals surface area contributed by atoms with Crippen LogP contribution in [0.15, 0.2) is 54.6 Å². The number of nitrogen functional groups attached to an aromatic ring is 1. The van der Waals surface area contributed by atoms with Gasteiger partial charge in [-0.1, -0.05) is 30.3 Å². The highest BCUT2D eigenvalue weighted by Crippen LogP contribution is 2.20. The predicted octanol–water partition coefficient (Wildman–Crippen LogP) is 2.05. The second-order valence-corrected chi connectivity index (χ2v) is 7.02. The van der Waals surface area contributed by atoms with Crippen LogP contribution in [0.1, 0.15) is 22.3 Å². The van der Waals surface area contributed by atoms with Crippen LogP contribution in [0.3, 0.4) is 0 Å². The van der Waals surface area contributed by atoms with Crippen molar-refractivity contribution < 1.29 is 9.59 Å². The van der Waals surface area contributed by atoms with Crippen LogP contribution in [0.25, 0.3) is 0 Å². The molecule has 0 atom stereocenters. The summed E-state index contributed by atoms with van der Waals surface area (Å²) in [4.78, 5) is 30.9. The summed E-state index contributed by atoms with van der Waals surface area (Å²) in [7, 11) is 2.09. The molecular weight excluding hydrogens is 354 g/mol. The zero-order chi connectivity index (χ0) is 19.9. The van der Waals surface area contributed by atoms with E-state index in [9.17, 15) is 9.59 Å². The van der Waals surface area contributed by atoms with Gasteiger partial charge in [0.25, 0.3) is 5.91 Å². The summed E-state index contributed by atoms with van der Waals surface area (Å²) >= 11 is 0. The van der Waals surface area contributed by atoms with Crippen LogP contribution in [0.2, 0.25) is 0 Å². The first-order valence-corrected chi connectivity index (χ1v) is 9.48. The molecule has 0 aliphatic carbocycles. The number of nitrogens with one attached hydrogen (secondary N) is 1. The number of urea groups is 1. The van der Waals surface area contributed by atoms with Crippen LogP contribution in [-0.4, -0.2) is 55.0 Å². The van der Waals surface area contributed by atoms with Gasteiger partial charge in [-0.3, -0.25) is 15.1 Å². The maximum absolute atomic E-state index is 13.3. The van der Waals surface area contributed by atoms with E-state index in [-0.39, 0.29) is 11.9 Å². The number of nitrogens with two attached hydrogens (primary N) is 1. The number of hydrazine groups is 1. The monoisotopic (exact) mass is 381 g/mol. The molecule has 0 unspecified atom stereocenters. The molecule has 148 valence electrons. The Balaban J connectivity index is 1.81. The number of hydrogen-bond donors (Lipinski definition) is 2. The van der Waals surface area contributed by atoms with Crippen LogP contribution < -0.4 is 16.2 Å². The number of carbonyl (C=O) groups is 2. The van der Waals surface area contributed by atoms with E-state index in [1.807, 2.05) is 47.4 Å². The molecule has 2 aromatic carbocycles.